The highest BCUT2D eigenvalue weighted by Gasteiger charge is 2.16. The van der Waals surface area contributed by atoms with Crippen LogP contribution in [0.15, 0.2) is 54.7 Å². The van der Waals surface area contributed by atoms with Gasteiger partial charge in [0, 0.05) is 11.6 Å². The SMILES string of the molecule is c1ccc2c(c1)CCCc1cnc3ccccc3c1-2. The molecule has 1 aliphatic carbocycles. The van der Waals surface area contributed by atoms with E-state index in [1.54, 1.807) is 0 Å². The zero-order valence-corrected chi connectivity index (χ0v) is 10.8. The van der Waals surface area contributed by atoms with Crippen LogP contribution in [-0.4, -0.2) is 4.98 Å². The fourth-order valence-corrected chi connectivity index (χ4v) is 3.14. The molecule has 1 nitrogen and oxygen atoms in total. The van der Waals surface area contributed by atoms with Crippen molar-refractivity contribution >= 4 is 10.9 Å². The van der Waals surface area contributed by atoms with Crippen LogP contribution in [0.2, 0.25) is 0 Å². The van der Waals surface area contributed by atoms with Crippen LogP contribution in [0, 0.1) is 0 Å². The molecule has 1 heteroatoms. The molecule has 0 fully saturated rings. The summed E-state index contributed by atoms with van der Waals surface area (Å²) in [6.45, 7) is 0. The van der Waals surface area contributed by atoms with Crippen LogP contribution in [0.1, 0.15) is 17.5 Å². The molecule has 0 aliphatic heterocycles. The van der Waals surface area contributed by atoms with E-state index in [1.807, 2.05) is 0 Å². The molecule has 0 bridgehead atoms. The standard InChI is InChI=1S/C18H15N/c1-2-9-15-13(6-1)7-5-8-14-12-19-17-11-4-3-10-16(17)18(14)15/h1-4,6,9-12H,5,7-8H2. The van der Waals surface area contributed by atoms with Gasteiger partial charge in [0.2, 0.25) is 0 Å². The molecule has 0 saturated carbocycles. The third-order valence-corrected chi connectivity index (χ3v) is 4.03. The number of hydrogen-bond acceptors (Lipinski definition) is 1. The number of rotatable bonds is 0. The third kappa shape index (κ3) is 1.66. The molecule has 0 unspecified atom stereocenters. The summed E-state index contributed by atoms with van der Waals surface area (Å²) in [7, 11) is 0. The van der Waals surface area contributed by atoms with Gasteiger partial charge in [0.15, 0.2) is 0 Å². The number of fused-ring (bicyclic) bond motifs is 5. The average Bonchev–Trinajstić information content (AvgIpc) is 2.66. The number of benzene rings is 2. The summed E-state index contributed by atoms with van der Waals surface area (Å²) in [5, 5.41) is 1.29. The van der Waals surface area contributed by atoms with Crippen molar-refractivity contribution in [2.75, 3.05) is 0 Å². The zero-order valence-electron chi connectivity index (χ0n) is 10.8. The molecule has 19 heavy (non-hydrogen) atoms. The van der Waals surface area contributed by atoms with Gasteiger partial charge >= 0.3 is 0 Å². The van der Waals surface area contributed by atoms with Gasteiger partial charge in [0.1, 0.15) is 0 Å². The normalized spacial score (nSPS) is 13.7. The Morgan fingerprint density at radius 1 is 0.789 bits per heavy atom. The van der Waals surface area contributed by atoms with E-state index in [0.717, 1.165) is 11.9 Å². The highest BCUT2D eigenvalue weighted by atomic mass is 14.7. The summed E-state index contributed by atoms with van der Waals surface area (Å²) in [6, 6.07) is 17.3. The first-order valence-corrected chi connectivity index (χ1v) is 6.88. The van der Waals surface area contributed by atoms with Crippen LogP contribution in [0.5, 0.6) is 0 Å². The van der Waals surface area contributed by atoms with Crippen molar-refractivity contribution in [3.05, 3.63) is 65.9 Å². The monoisotopic (exact) mass is 245 g/mol. The predicted molar refractivity (Wildman–Crippen MR) is 79.2 cm³/mol. The van der Waals surface area contributed by atoms with Gasteiger partial charge in [-0.05, 0) is 47.6 Å². The van der Waals surface area contributed by atoms with Gasteiger partial charge in [-0.15, -0.1) is 0 Å². The molecule has 0 atom stereocenters. The Bertz CT molecular complexity index is 758. The van der Waals surface area contributed by atoms with Gasteiger partial charge in [-0.2, -0.15) is 0 Å². The van der Waals surface area contributed by atoms with Crippen LogP contribution < -0.4 is 0 Å². The molecule has 92 valence electrons. The van der Waals surface area contributed by atoms with Crippen molar-refractivity contribution in [2.24, 2.45) is 0 Å². The van der Waals surface area contributed by atoms with Gasteiger partial charge in [-0.1, -0.05) is 42.5 Å². The summed E-state index contributed by atoms with van der Waals surface area (Å²) >= 11 is 0. The summed E-state index contributed by atoms with van der Waals surface area (Å²) in [4.78, 5) is 4.61. The first kappa shape index (κ1) is 10.7. The van der Waals surface area contributed by atoms with Crippen LogP contribution >= 0.6 is 0 Å². The molecular weight excluding hydrogens is 230 g/mol. The first-order valence-electron chi connectivity index (χ1n) is 6.88. The summed E-state index contributed by atoms with van der Waals surface area (Å²) in [5.74, 6) is 0. The van der Waals surface area contributed by atoms with E-state index >= 15 is 0 Å². The van der Waals surface area contributed by atoms with Gasteiger partial charge in [-0.3, -0.25) is 4.98 Å². The van der Waals surface area contributed by atoms with E-state index in [-0.39, 0.29) is 0 Å². The van der Waals surface area contributed by atoms with E-state index < -0.39 is 0 Å². The molecular formula is C18H15N. The Morgan fingerprint density at radius 2 is 1.58 bits per heavy atom. The largest absolute Gasteiger partial charge is 0.256 e. The minimum Gasteiger partial charge on any atom is -0.256 e. The third-order valence-electron chi connectivity index (χ3n) is 4.03. The Balaban J connectivity index is 2.15. The minimum absolute atomic E-state index is 1.10. The molecule has 1 aliphatic rings. The van der Waals surface area contributed by atoms with Crippen LogP contribution in [0.3, 0.4) is 0 Å². The second-order valence-corrected chi connectivity index (χ2v) is 5.19. The zero-order chi connectivity index (χ0) is 12.7. The second-order valence-electron chi connectivity index (χ2n) is 5.19. The predicted octanol–water partition coefficient (Wildman–Crippen LogP) is 4.39. The van der Waals surface area contributed by atoms with E-state index in [9.17, 15) is 0 Å². The van der Waals surface area contributed by atoms with E-state index in [2.05, 4.69) is 59.7 Å². The molecule has 0 radical (unpaired) electrons. The van der Waals surface area contributed by atoms with Crippen molar-refractivity contribution in [2.45, 2.75) is 19.3 Å². The Labute approximate surface area is 112 Å². The number of hydrogen-bond donors (Lipinski definition) is 0. The minimum atomic E-state index is 1.10. The first-order chi connectivity index (χ1) is 9.43. The molecule has 1 heterocycles. The summed E-state index contributed by atoms with van der Waals surface area (Å²) < 4.78 is 0. The maximum atomic E-state index is 4.61. The summed E-state index contributed by atoms with van der Waals surface area (Å²) in [5.41, 5.74) is 6.76. The van der Waals surface area contributed by atoms with Gasteiger partial charge in [-0.25, -0.2) is 0 Å². The quantitative estimate of drug-likeness (QED) is 0.572. The fraction of sp³-hybridized carbons (Fsp3) is 0.167. The second kappa shape index (κ2) is 4.20. The van der Waals surface area contributed by atoms with Crippen molar-refractivity contribution < 1.29 is 0 Å². The van der Waals surface area contributed by atoms with Gasteiger partial charge in [0.05, 0.1) is 5.52 Å². The van der Waals surface area contributed by atoms with Gasteiger partial charge < -0.3 is 0 Å². The number of aromatic nitrogens is 1. The molecule has 0 spiro atoms. The number of pyridine rings is 1. The molecule has 4 rings (SSSR count). The number of aryl methyl sites for hydroxylation is 2. The van der Waals surface area contributed by atoms with Crippen LogP contribution in [0.4, 0.5) is 0 Å². The lowest BCUT2D eigenvalue weighted by molar-refractivity contribution is 0.832. The molecule has 0 amide bonds. The average molecular weight is 245 g/mol. The Kier molecular flexibility index (Phi) is 2.37. The van der Waals surface area contributed by atoms with Crippen molar-refractivity contribution in [1.82, 2.24) is 4.98 Å². The molecule has 3 aromatic rings. The van der Waals surface area contributed by atoms with Crippen molar-refractivity contribution in [3.8, 4) is 11.1 Å². The van der Waals surface area contributed by atoms with E-state index in [1.165, 1.54) is 40.5 Å². The smallest absolute Gasteiger partial charge is 0.0708 e. The molecule has 1 aromatic heterocycles. The molecule has 0 N–H and O–H groups in total. The number of para-hydroxylation sites is 1. The number of nitrogens with zero attached hydrogens (tertiary/aromatic N) is 1. The molecule has 2 aromatic carbocycles. The van der Waals surface area contributed by atoms with E-state index in [0.29, 0.717) is 0 Å². The lowest BCUT2D eigenvalue weighted by atomic mass is 9.94. The highest BCUT2D eigenvalue weighted by Crippen LogP contribution is 2.36. The molecule has 0 saturated heterocycles. The van der Waals surface area contributed by atoms with E-state index in [4.69, 9.17) is 0 Å². The lowest BCUT2D eigenvalue weighted by Gasteiger charge is -2.12. The van der Waals surface area contributed by atoms with Crippen molar-refractivity contribution in [3.63, 3.8) is 0 Å². The lowest BCUT2D eigenvalue weighted by Crippen LogP contribution is -1.92. The summed E-state index contributed by atoms with van der Waals surface area (Å²) in [6.07, 6.45) is 5.57. The Hall–Kier alpha value is -2.15. The van der Waals surface area contributed by atoms with Crippen LogP contribution in [0.25, 0.3) is 22.0 Å². The fourth-order valence-electron chi connectivity index (χ4n) is 3.14. The van der Waals surface area contributed by atoms with Crippen LogP contribution in [-0.2, 0) is 12.8 Å². The topological polar surface area (TPSA) is 12.9 Å². The Morgan fingerprint density at radius 3 is 2.58 bits per heavy atom. The maximum absolute atomic E-state index is 4.61. The highest BCUT2D eigenvalue weighted by molar-refractivity contribution is 5.97. The van der Waals surface area contributed by atoms with Gasteiger partial charge in [0.25, 0.3) is 0 Å². The maximum Gasteiger partial charge on any atom is 0.0708 e. The van der Waals surface area contributed by atoms with Crippen molar-refractivity contribution in [1.29, 1.82) is 0 Å².